The summed E-state index contributed by atoms with van der Waals surface area (Å²) in [4.78, 5) is 0. The summed E-state index contributed by atoms with van der Waals surface area (Å²) in [6.07, 6.45) is 3.92. The maximum atomic E-state index is 6.40. The van der Waals surface area contributed by atoms with Crippen molar-refractivity contribution < 1.29 is 9.47 Å². The van der Waals surface area contributed by atoms with Crippen LogP contribution in [0.1, 0.15) is 53.9 Å². The molecule has 2 heteroatoms. The smallest absolute Gasteiger partial charge is 0.155 e. The van der Waals surface area contributed by atoms with Crippen LogP contribution in [-0.2, 0) is 9.47 Å². The van der Waals surface area contributed by atoms with Gasteiger partial charge in [-0.05, 0) is 37.5 Å². The maximum Gasteiger partial charge on any atom is 0.155 e. The molecule has 2 nitrogen and oxygen atoms in total. The highest BCUT2D eigenvalue weighted by Crippen LogP contribution is 2.73. The summed E-state index contributed by atoms with van der Waals surface area (Å²) in [5.74, 6) is 1.36. The van der Waals surface area contributed by atoms with Gasteiger partial charge in [-0.3, -0.25) is 0 Å². The zero-order valence-corrected chi connectivity index (χ0v) is 11.9. The van der Waals surface area contributed by atoms with Gasteiger partial charge < -0.3 is 9.47 Å². The Morgan fingerprint density at radius 1 is 1.12 bits per heavy atom. The molecule has 1 saturated heterocycles. The molecule has 1 heterocycles. The van der Waals surface area contributed by atoms with Gasteiger partial charge in [-0.1, -0.05) is 27.7 Å². The van der Waals surface area contributed by atoms with Crippen molar-refractivity contribution in [2.24, 2.45) is 22.7 Å². The van der Waals surface area contributed by atoms with E-state index in [1.807, 2.05) is 0 Å². The van der Waals surface area contributed by atoms with E-state index in [0.717, 1.165) is 12.5 Å². The molecule has 2 bridgehead atoms. The summed E-state index contributed by atoms with van der Waals surface area (Å²) in [5, 5.41) is 0. The first-order valence-electron chi connectivity index (χ1n) is 7.13. The Bertz CT molecular complexity index is 338. The molecule has 0 amide bonds. The van der Waals surface area contributed by atoms with Crippen LogP contribution in [0.4, 0.5) is 0 Å². The minimum absolute atomic E-state index is 0.0295. The molecule has 3 aliphatic rings. The van der Waals surface area contributed by atoms with Gasteiger partial charge in [0, 0.05) is 11.3 Å². The van der Waals surface area contributed by atoms with E-state index in [0.29, 0.717) is 16.7 Å². The quantitative estimate of drug-likeness (QED) is 0.642. The van der Waals surface area contributed by atoms with Gasteiger partial charge in [-0.25, -0.2) is 0 Å². The molecule has 2 aliphatic carbocycles. The van der Waals surface area contributed by atoms with Crippen molar-refractivity contribution in [3.8, 4) is 0 Å². The average Bonchev–Trinajstić information content (AvgIpc) is 2.56. The summed E-state index contributed by atoms with van der Waals surface area (Å²) in [7, 11) is 0. The van der Waals surface area contributed by atoms with Gasteiger partial charge in [0.25, 0.3) is 0 Å². The Morgan fingerprint density at radius 2 is 1.82 bits per heavy atom. The standard InChI is InChI=1S/C15H26O2/c1-10-9-16-11(2)17-15(10)8-12-6-7-14(15,5)13(12,3)4/h10-12H,6-9H2,1-5H3/t10-,11-,12+,14+,15-/m0/s1. The van der Waals surface area contributed by atoms with Gasteiger partial charge >= 0.3 is 0 Å². The zero-order valence-electron chi connectivity index (χ0n) is 11.9. The molecule has 0 aromatic heterocycles. The topological polar surface area (TPSA) is 18.5 Å². The Hall–Kier alpha value is -0.0800. The molecule has 2 saturated carbocycles. The van der Waals surface area contributed by atoms with Crippen LogP contribution in [0, 0.1) is 22.7 Å². The second-order valence-electron chi connectivity index (χ2n) is 7.30. The summed E-state index contributed by atoms with van der Waals surface area (Å²) >= 11 is 0. The highest BCUT2D eigenvalue weighted by atomic mass is 16.7. The first kappa shape index (κ1) is 12.0. The lowest BCUT2D eigenvalue weighted by molar-refractivity contribution is -0.308. The van der Waals surface area contributed by atoms with Crippen LogP contribution in [0.3, 0.4) is 0 Å². The molecular weight excluding hydrogens is 212 g/mol. The van der Waals surface area contributed by atoms with E-state index < -0.39 is 0 Å². The van der Waals surface area contributed by atoms with Gasteiger partial charge in [0.15, 0.2) is 6.29 Å². The molecule has 1 aliphatic heterocycles. The second-order valence-corrected chi connectivity index (χ2v) is 7.30. The van der Waals surface area contributed by atoms with Gasteiger partial charge in [0.1, 0.15) is 0 Å². The number of rotatable bonds is 0. The Balaban J connectivity index is 2.04. The molecule has 3 fully saturated rings. The molecular formula is C15H26O2. The minimum atomic E-state index is -0.0295. The number of fused-ring (bicyclic) bond motifs is 3. The van der Waals surface area contributed by atoms with Crippen LogP contribution in [0.25, 0.3) is 0 Å². The largest absolute Gasteiger partial charge is 0.353 e. The van der Waals surface area contributed by atoms with Crippen LogP contribution in [0.5, 0.6) is 0 Å². The molecule has 5 atom stereocenters. The van der Waals surface area contributed by atoms with Gasteiger partial charge in [0.2, 0.25) is 0 Å². The van der Waals surface area contributed by atoms with E-state index in [-0.39, 0.29) is 11.9 Å². The molecule has 3 rings (SSSR count). The molecule has 17 heavy (non-hydrogen) atoms. The van der Waals surface area contributed by atoms with E-state index in [1.54, 1.807) is 0 Å². The van der Waals surface area contributed by atoms with Gasteiger partial charge in [-0.15, -0.1) is 0 Å². The van der Waals surface area contributed by atoms with Crippen molar-refractivity contribution in [3.05, 3.63) is 0 Å². The van der Waals surface area contributed by atoms with Crippen LogP contribution in [-0.4, -0.2) is 18.5 Å². The first-order valence-corrected chi connectivity index (χ1v) is 7.13. The minimum Gasteiger partial charge on any atom is -0.353 e. The van der Waals surface area contributed by atoms with Crippen molar-refractivity contribution in [1.29, 1.82) is 0 Å². The third kappa shape index (κ3) is 1.19. The summed E-state index contributed by atoms with van der Waals surface area (Å²) in [5.41, 5.74) is 0.803. The average molecular weight is 238 g/mol. The van der Waals surface area contributed by atoms with E-state index >= 15 is 0 Å². The lowest BCUT2D eigenvalue weighted by Gasteiger charge is -2.54. The highest BCUT2D eigenvalue weighted by Gasteiger charge is 2.71. The van der Waals surface area contributed by atoms with Crippen LogP contribution < -0.4 is 0 Å². The van der Waals surface area contributed by atoms with E-state index in [9.17, 15) is 0 Å². The SMILES string of the molecule is C[C@H]1OC[C@H](C)[C@]2(C[C@H]3CC[C@]2(C)C3(C)C)O1. The molecule has 0 aromatic carbocycles. The molecule has 0 N–H and O–H groups in total. The number of hydrogen-bond acceptors (Lipinski definition) is 2. The molecule has 98 valence electrons. The fraction of sp³-hybridized carbons (Fsp3) is 1.00. The predicted octanol–water partition coefficient (Wildman–Crippen LogP) is 3.60. The monoisotopic (exact) mass is 238 g/mol. The van der Waals surface area contributed by atoms with Crippen molar-refractivity contribution in [3.63, 3.8) is 0 Å². The Labute approximate surface area is 105 Å². The molecule has 0 radical (unpaired) electrons. The van der Waals surface area contributed by atoms with Crippen LogP contribution >= 0.6 is 0 Å². The molecule has 0 aromatic rings. The normalized spacial score (nSPS) is 56.6. The fourth-order valence-electron chi connectivity index (χ4n) is 5.09. The van der Waals surface area contributed by atoms with E-state index in [1.165, 1.54) is 19.3 Å². The Morgan fingerprint density at radius 3 is 2.35 bits per heavy atom. The van der Waals surface area contributed by atoms with E-state index in [4.69, 9.17) is 9.47 Å². The lowest BCUT2D eigenvalue weighted by atomic mass is 9.60. The maximum absolute atomic E-state index is 6.40. The van der Waals surface area contributed by atoms with Crippen LogP contribution in [0.2, 0.25) is 0 Å². The van der Waals surface area contributed by atoms with Crippen molar-refractivity contribution in [2.45, 2.75) is 65.8 Å². The zero-order chi connectivity index (χ0) is 12.5. The number of ether oxygens (including phenoxy) is 2. The van der Waals surface area contributed by atoms with Crippen molar-refractivity contribution in [2.75, 3.05) is 6.61 Å². The Kier molecular flexibility index (Phi) is 2.30. The van der Waals surface area contributed by atoms with Crippen molar-refractivity contribution in [1.82, 2.24) is 0 Å². The summed E-state index contributed by atoms with van der Waals surface area (Å²) in [6.45, 7) is 12.6. The van der Waals surface area contributed by atoms with Gasteiger partial charge in [0.05, 0.1) is 12.2 Å². The third-order valence-corrected chi connectivity index (χ3v) is 6.67. The van der Waals surface area contributed by atoms with E-state index in [2.05, 4.69) is 34.6 Å². The molecule has 0 unspecified atom stereocenters. The number of hydrogen-bond donors (Lipinski definition) is 0. The lowest BCUT2D eigenvalue weighted by Crippen LogP contribution is -2.58. The molecule has 1 spiro atoms. The summed E-state index contributed by atoms with van der Waals surface area (Å²) < 4.78 is 12.1. The van der Waals surface area contributed by atoms with Gasteiger partial charge in [-0.2, -0.15) is 0 Å². The predicted molar refractivity (Wildman–Crippen MR) is 67.6 cm³/mol. The first-order chi connectivity index (χ1) is 7.83. The highest BCUT2D eigenvalue weighted by molar-refractivity contribution is 5.20. The second kappa shape index (κ2) is 3.27. The third-order valence-electron chi connectivity index (χ3n) is 6.67. The fourth-order valence-corrected chi connectivity index (χ4v) is 5.09. The van der Waals surface area contributed by atoms with Crippen LogP contribution in [0.15, 0.2) is 0 Å². The summed E-state index contributed by atoms with van der Waals surface area (Å²) in [6, 6.07) is 0. The van der Waals surface area contributed by atoms with Crippen molar-refractivity contribution >= 4 is 0 Å².